The number of esters is 1. The van der Waals surface area contributed by atoms with Crippen LogP contribution in [0, 0.1) is 0 Å². The van der Waals surface area contributed by atoms with E-state index < -0.39 is 0 Å². The Balaban J connectivity index is 1.86. The Morgan fingerprint density at radius 3 is 2.85 bits per heavy atom. The number of thiophene rings is 1. The van der Waals surface area contributed by atoms with E-state index in [1.54, 1.807) is 17.4 Å². The molecule has 0 amide bonds. The van der Waals surface area contributed by atoms with Crippen LogP contribution >= 0.6 is 23.1 Å². The monoisotopic (exact) mass is 385 g/mol. The molecule has 7 heteroatoms. The van der Waals surface area contributed by atoms with Gasteiger partial charge in [-0.2, -0.15) is 0 Å². The molecule has 0 bridgehead atoms. The Morgan fingerprint density at radius 1 is 1.23 bits per heavy atom. The highest BCUT2D eigenvalue weighted by atomic mass is 32.2. The van der Waals surface area contributed by atoms with E-state index in [0.717, 1.165) is 34.0 Å². The quantitative estimate of drug-likeness (QED) is 0.394. The normalized spacial score (nSPS) is 13.5. The molecule has 1 aromatic carbocycles. The fourth-order valence-electron chi connectivity index (χ4n) is 3.33. The van der Waals surface area contributed by atoms with Crippen molar-refractivity contribution in [1.82, 2.24) is 9.97 Å². The number of thioether (sulfide) groups is 1. The topological polar surface area (TPSA) is 64.1 Å². The van der Waals surface area contributed by atoms with Crippen molar-refractivity contribution in [3.63, 3.8) is 0 Å². The molecule has 2 heterocycles. The highest BCUT2D eigenvalue weighted by molar-refractivity contribution is 7.98. The van der Waals surface area contributed by atoms with Crippen molar-refractivity contribution < 1.29 is 9.53 Å². The summed E-state index contributed by atoms with van der Waals surface area (Å²) in [6.45, 7) is 0. The van der Waals surface area contributed by atoms with E-state index in [1.807, 2.05) is 24.5 Å². The van der Waals surface area contributed by atoms with Gasteiger partial charge in [-0.3, -0.25) is 0 Å². The Kier molecular flexibility index (Phi) is 4.82. The van der Waals surface area contributed by atoms with Crippen LogP contribution in [0.25, 0.3) is 10.2 Å². The van der Waals surface area contributed by atoms with E-state index in [-0.39, 0.29) is 5.97 Å². The molecule has 26 heavy (non-hydrogen) atoms. The summed E-state index contributed by atoms with van der Waals surface area (Å²) in [7, 11) is 1.39. The van der Waals surface area contributed by atoms with Crippen LogP contribution in [-0.2, 0) is 17.6 Å². The molecule has 134 valence electrons. The highest BCUT2D eigenvalue weighted by Crippen LogP contribution is 2.40. The molecule has 0 aliphatic heterocycles. The predicted molar refractivity (Wildman–Crippen MR) is 107 cm³/mol. The number of hydrogen-bond donors (Lipinski definition) is 1. The molecular formula is C19H19N3O2S2. The van der Waals surface area contributed by atoms with E-state index in [9.17, 15) is 4.79 Å². The Bertz CT molecular complexity index is 984. The summed E-state index contributed by atoms with van der Waals surface area (Å²) in [6.07, 6.45) is 6.58. The van der Waals surface area contributed by atoms with E-state index >= 15 is 0 Å². The van der Waals surface area contributed by atoms with Crippen LogP contribution in [0.4, 0.5) is 11.5 Å². The largest absolute Gasteiger partial charge is 0.465 e. The van der Waals surface area contributed by atoms with Crippen LogP contribution in [0.5, 0.6) is 0 Å². The first-order valence-electron chi connectivity index (χ1n) is 8.52. The van der Waals surface area contributed by atoms with Gasteiger partial charge in [-0.15, -0.1) is 11.3 Å². The minimum Gasteiger partial charge on any atom is -0.465 e. The zero-order valence-corrected chi connectivity index (χ0v) is 16.3. The van der Waals surface area contributed by atoms with E-state index in [4.69, 9.17) is 14.7 Å². The van der Waals surface area contributed by atoms with Gasteiger partial charge in [0.25, 0.3) is 0 Å². The number of carbonyl (C=O) groups excluding carboxylic acids is 1. The van der Waals surface area contributed by atoms with E-state index in [2.05, 4.69) is 5.32 Å². The van der Waals surface area contributed by atoms with Crippen molar-refractivity contribution in [2.24, 2.45) is 0 Å². The summed E-state index contributed by atoms with van der Waals surface area (Å²) in [6, 6.07) is 7.35. The Labute approximate surface area is 160 Å². The predicted octanol–water partition coefficient (Wildman–Crippen LogP) is 4.82. The second-order valence-corrected chi connectivity index (χ2v) is 7.97. The van der Waals surface area contributed by atoms with Crippen molar-refractivity contribution in [3.05, 3.63) is 40.3 Å². The number of nitrogens with one attached hydrogen (secondary N) is 1. The summed E-state index contributed by atoms with van der Waals surface area (Å²) in [4.78, 5) is 24.0. The molecule has 0 atom stereocenters. The molecule has 0 saturated heterocycles. The number of aromatic nitrogens is 2. The maximum Gasteiger partial charge on any atom is 0.339 e. The molecule has 0 fully saturated rings. The van der Waals surface area contributed by atoms with Crippen LogP contribution in [0.1, 0.15) is 33.6 Å². The van der Waals surface area contributed by atoms with Gasteiger partial charge >= 0.3 is 5.97 Å². The summed E-state index contributed by atoms with van der Waals surface area (Å²) >= 11 is 3.30. The number of rotatable bonds is 4. The zero-order valence-electron chi connectivity index (χ0n) is 14.7. The average Bonchev–Trinajstić information content (AvgIpc) is 3.06. The van der Waals surface area contributed by atoms with Crippen LogP contribution in [0.15, 0.2) is 29.4 Å². The summed E-state index contributed by atoms with van der Waals surface area (Å²) in [5.74, 6) is 0.408. The number of anilines is 2. The molecule has 0 spiro atoms. The third-order valence-electron chi connectivity index (χ3n) is 4.56. The number of para-hydroxylation sites is 1. The number of methoxy groups -OCH3 is 1. The fourth-order valence-corrected chi connectivity index (χ4v) is 5.01. The van der Waals surface area contributed by atoms with Crippen molar-refractivity contribution in [2.75, 3.05) is 18.7 Å². The lowest BCUT2D eigenvalue weighted by Gasteiger charge is -2.14. The first kappa shape index (κ1) is 17.3. The van der Waals surface area contributed by atoms with Gasteiger partial charge in [0, 0.05) is 4.88 Å². The molecule has 4 rings (SSSR count). The van der Waals surface area contributed by atoms with Gasteiger partial charge in [0.1, 0.15) is 10.6 Å². The van der Waals surface area contributed by atoms with Gasteiger partial charge in [-0.1, -0.05) is 23.9 Å². The molecule has 3 aromatic rings. The molecule has 0 unspecified atom stereocenters. The number of benzene rings is 1. The number of hydrogen-bond acceptors (Lipinski definition) is 7. The first-order valence-corrected chi connectivity index (χ1v) is 10.6. The standard InChI is InChI=1S/C19H19N3O2S2/c1-24-18(23)11-7-3-5-9-13(11)20-16-15-12-8-4-6-10-14(12)26-17(15)22-19(21-16)25-2/h3,5,7,9H,4,6,8,10H2,1-2H3,(H,20,21,22). The number of nitrogens with zero attached hydrogens (tertiary/aromatic N) is 2. The minimum absolute atomic E-state index is 0.365. The van der Waals surface area contributed by atoms with Crippen LogP contribution in [0.2, 0.25) is 0 Å². The van der Waals surface area contributed by atoms with Gasteiger partial charge in [-0.25, -0.2) is 14.8 Å². The summed E-state index contributed by atoms with van der Waals surface area (Å²) < 4.78 is 4.91. The third kappa shape index (κ3) is 3.05. The SMILES string of the molecule is COC(=O)c1ccccc1Nc1nc(SC)nc2sc3c(c12)CCCC3. The van der Waals surface area contributed by atoms with Crippen LogP contribution in [-0.4, -0.2) is 29.3 Å². The van der Waals surface area contributed by atoms with Gasteiger partial charge in [0.05, 0.1) is 23.7 Å². The minimum atomic E-state index is -0.365. The molecule has 5 nitrogen and oxygen atoms in total. The number of aryl methyl sites for hydroxylation is 2. The molecular weight excluding hydrogens is 366 g/mol. The number of fused-ring (bicyclic) bond motifs is 3. The summed E-state index contributed by atoms with van der Waals surface area (Å²) in [5.41, 5.74) is 2.56. The van der Waals surface area contributed by atoms with Gasteiger partial charge < -0.3 is 10.1 Å². The van der Waals surface area contributed by atoms with Crippen LogP contribution in [0.3, 0.4) is 0 Å². The number of ether oxygens (including phenoxy) is 1. The number of carbonyl (C=O) groups is 1. The average molecular weight is 386 g/mol. The molecule has 0 radical (unpaired) electrons. The van der Waals surface area contributed by atoms with E-state index in [0.29, 0.717) is 11.3 Å². The van der Waals surface area contributed by atoms with Gasteiger partial charge in [-0.05, 0) is 49.6 Å². The van der Waals surface area contributed by atoms with Crippen molar-refractivity contribution in [1.29, 1.82) is 0 Å². The smallest absolute Gasteiger partial charge is 0.339 e. The van der Waals surface area contributed by atoms with Crippen LogP contribution < -0.4 is 5.32 Å². The Hall–Kier alpha value is -2.12. The maximum atomic E-state index is 12.1. The van der Waals surface area contributed by atoms with Crippen molar-refractivity contribution in [2.45, 2.75) is 30.8 Å². The molecule has 2 aromatic heterocycles. The second kappa shape index (κ2) is 7.25. The van der Waals surface area contributed by atoms with Gasteiger partial charge in [0.2, 0.25) is 0 Å². The highest BCUT2D eigenvalue weighted by Gasteiger charge is 2.22. The van der Waals surface area contributed by atoms with E-state index in [1.165, 1.54) is 42.2 Å². The van der Waals surface area contributed by atoms with Crippen molar-refractivity contribution in [3.8, 4) is 0 Å². The molecule has 1 N–H and O–H groups in total. The molecule has 1 aliphatic rings. The molecule has 1 aliphatic carbocycles. The molecule has 0 saturated carbocycles. The maximum absolute atomic E-state index is 12.1. The lowest BCUT2D eigenvalue weighted by molar-refractivity contribution is 0.0602. The summed E-state index contributed by atoms with van der Waals surface area (Å²) in [5, 5.41) is 5.21. The Morgan fingerprint density at radius 2 is 2.04 bits per heavy atom. The lowest BCUT2D eigenvalue weighted by atomic mass is 9.97. The fraction of sp³-hybridized carbons (Fsp3) is 0.316. The zero-order chi connectivity index (χ0) is 18.1. The van der Waals surface area contributed by atoms with Crippen molar-refractivity contribution >= 4 is 50.8 Å². The lowest BCUT2D eigenvalue weighted by Crippen LogP contribution is -2.07. The third-order valence-corrected chi connectivity index (χ3v) is 6.30. The first-order chi connectivity index (χ1) is 12.7. The van der Waals surface area contributed by atoms with Gasteiger partial charge in [0.15, 0.2) is 5.16 Å². The second-order valence-electron chi connectivity index (χ2n) is 6.11.